The number of carbonyl (C=O) groups excluding carboxylic acids is 3. The van der Waals surface area contributed by atoms with Crippen LogP contribution in [0.2, 0.25) is 0 Å². The Hall–Kier alpha value is -4.71. The van der Waals surface area contributed by atoms with Gasteiger partial charge in [-0.3, -0.25) is 24.5 Å². The van der Waals surface area contributed by atoms with Gasteiger partial charge in [-0.1, -0.05) is 97.1 Å². The molecule has 4 aromatic carbocycles. The average molecular weight is 476 g/mol. The summed E-state index contributed by atoms with van der Waals surface area (Å²) in [5.41, 5.74) is 2.17. The van der Waals surface area contributed by atoms with Crippen LogP contribution in [0, 0.1) is 16.0 Å². The third-order valence-corrected chi connectivity index (χ3v) is 6.73. The summed E-state index contributed by atoms with van der Waals surface area (Å²) in [5.74, 6) is -3.81. The standard InChI is InChI=1S/C30H21NO5/c32-28(21-11-5-2-6-12-21)26(19-9-3-1-4-10-19)25(20-15-17-22(18-16-20)31(35)36)27-29(33)23-13-7-8-14-24(23)30(27)34/h1-18,25-27H. The van der Waals surface area contributed by atoms with E-state index in [1.54, 1.807) is 84.9 Å². The molecule has 0 heterocycles. The van der Waals surface area contributed by atoms with Gasteiger partial charge in [-0.05, 0) is 11.1 Å². The van der Waals surface area contributed by atoms with E-state index in [1.165, 1.54) is 12.1 Å². The van der Waals surface area contributed by atoms with Gasteiger partial charge in [-0.2, -0.15) is 0 Å². The fourth-order valence-electron chi connectivity index (χ4n) is 5.05. The van der Waals surface area contributed by atoms with Crippen molar-refractivity contribution in [1.82, 2.24) is 0 Å². The molecule has 36 heavy (non-hydrogen) atoms. The number of nitro groups is 1. The molecule has 2 atom stereocenters. The summed E-state index contributed by atoms with van der Waals surface area (Å²) in [4.78, 5) is 52.1. The maximum atomic E-state index is 14.0. The van der Waals surface area contributed by atoms with Crippen LogP contribution in [-0.2, 0) is 0 Å². The molecule has 0 saturated heterocycles. The van der Waals surface area contributed by atoms with Crippen LogP contribution in [0.1, 0.15) is 54.0 Å². The molecule has 5 rings (SSSR count). The van der Waals surface area contributed by atoms with Gasteiger partial charge in [0.15, 0.2) is 17.3 Å². The molecule has 0 fully saturated rings. The van der Waals surface area contributed by atoms with Crippen molar-refractivity contribution in [3.05, 3.63) is 147 Å². The van der Waals surface area contributed by atoms with Gasteiger partial charge in [0.1, 0.15) is 0 Å². The van der Waals surface area contributed by atoms with E-state index in [0.717, 1.165) is 0 Å². The molecule has 2 unspecified atom stereocenters. The number of benzene rings is 4. The second kappa shape index (κ2) is 9.50. The lowest BCUT2D eigenvalue weighted by Gasteiger charge is -2.30. The zero-order valence-corrected chi connectivity index (χ0v) is 19.1. The predicted molar refractivity (Wildman–Crippen MR) is 134 cm³/mol. The number of hydrogen-bond acceptors (Lipinski definition) is 5. The van der Waals surface area contributed by atoms with E-state index in [1.807, 2.05) is 12.1 Å². The molecule has 4 aromatic rings. The molecule has 6 heteroatoms. The Balaban J connectivity index is 1.72. The van der Waals surface area contributed by atoms with Crippen molar-refractivity contribution in [2.75, 3.05) is 0 Å². The first-order valence-corrected chi connectivity index (χ1v) is 11.5. The highest BCUT2D eigenvalue weighted by atomic mass is 16.6. The molecule has 176 valence electrons. The van der Waals surface area contributed by atoms with Gasteiger partial charge in [0.25, 0.3) is 5.69 Å². The Morgan fingerprint density at radius 1 is 0.667 bits per heavy atom. The highest BCUT2D eigenvalue weighted by molar-refractivity contribution is 6.27. The minimum atomic E-state index is -1.14. The molecule has 0 N–H and O–H groups in total. The number of rotatable bonds is 7. The van der Waals surface area contributed by atoms with Crippen LogP contribution in [0.25, 0.3) is 0 Å². The van der Waals surface area contributed by atoms with Crippen molar-refractivity contribution in [3.8, 4) is 0 Å². The van der Waals surface area contributed by atoms with Gasteiger partial charge in [0.05, 0.1) is 16.8 Å². The van der Waals surface area contributed by atoms with Gasteiger partial charge in [0, 0.05) is 34.7 Å². The van der Waals surface area contributed by atoms with E-state index in [2.05, 4.69) is 0 Å². The van der Waals surface area contributed by atoms with E-state index in [-0.39, 0.29) is 23.0 Å². The first-order valence-electron chi connectivity index (χ1n) is 11.5. The molecule has 1 aliphatic carbocycles. The zero-order chi connectivity index (χ0) is 25.2. The van der Waals surface area contributed by atoms with Gasteiger partial charge in [-0.15, -0.1) is 0 Å². The van der Waals surface area contributed by atoms with Crippen molar-refractivity contribution < 1.29 is 19.3 Å². The summed E-state index contributed by atoms with van der Waals surface area (Å²) in [5, 5.41) is 11.3. The maximum Gasteiger partial charge on any atom is 0.269 e. The Kier molecular flexibility index (Phi) is 6.09. The molecule has 0 amide bonds. The largest absolute Gasteiger partial charge is 0.293 e. The second-order valence-electron chi connectivity index (χ2n) is 8.74. The number of nitro benzene ring substituents is 1. The molecular weight excluding hydrogens is 454 g/mol. The van der Waals surface area contributed by atoms with E-state index >= 15 is 0 Å². The van der Waals surface area contributed by atoms with Crippen LogP contribution >= 0.6 is 0 Å². The van der Waals surface area contributed by atoms with Gasteiger partial charge in [0.2, 0.25) is 0 Å². The van der Waals surface area contributed by atoms with Crippen molar-refractivity contribution in [2.45, 2.75) is 11.8 Å². The number of nitrogens with zero attached hydrogens (tertiary/aromatic N) is 1. The zero-order valence-electron chi connectivity index (χ0n) is 19.1. The smallest absolute Gasteiger partial charge is 0.269 e. The molecule has 0 spiro atoms. The van der Waals surface area contributed by atoms with E-state index in [9.17, 15) is 24.5 Å². The minimum absolute atomic E-state index is 0.115. The summed E-state index contributed by atoms with van der Waals surface area (Å²) in [6.45, 7) is 0. The topological polar surface area (TPSA) is 94.3 Å². The van der Waals surface area contributed by atoms with Crippen molar-refractivity contribution in [2.24, 2.45) is 5.92 Å². The van der Waals surface area contributed by atoms with E-state index in [0.29, 0.717) is 27.8 Å². The number of carbonyl (C=O) groups is 3. The highest BCUT2D eigenvalue weighted by Gasteiger charge is 2.48. The molecule has 0 aromatic heterocycles. The Morgan fingerprint density at radius 2 is 1.17 bits per heavy atom. The summed E-state index contributed by atoms with van der Waals surface area (Å²) in [7, 11) is 0. The lowest BCUT2D eigenvalue weighted by molar-refractivity contribution is -0.384. The third-order valence-electron chi connectivity index (χ3n) is 6.73. The van der Waals surface area contributed by atoms with Crippen LogP contribution in [0.3, 0.4) is 0 Å². The minimum Gasteiger partial charge on any atom is -0.293 e. The Bertz CT molecular complexity index is 1430. The van der Waals surface area contributed by atoms with Crippen LogP contribution in [0.4, 0.5) is 5.69 Å². The number of hydrogen-bond donors (Lipinski definition) is 0. The fraction of sp³-hybridized carbons (Fsp3) is 0.100. The molecule has 0 radical (unpaired) electrons. The van der Waals surface area contributed by atoms with Crippen LogP contribution in [-0.4, -0.2) is 22.3 Å². The predicted octanol–water partition coefficient (Wildman–Crippen LogP) is 6.04. The SMILES string of the molecule is O=C1c2ccccc2C(=O)C1C(c1ccc([N+](=O)[O-])cc1)C(C(=O)c1ccccc1)c1ccccc1. The van der Waals surface area contributed by atoms with Crippen molar-refractivity contribution in [1.29, 1.82) is 0 Å². The van der Waals surface area contributed by atoms with Crippen molar-refractivity contribution in [3.63, 3.8) is 0 Å². The summed E-state index contributed by atoms with van der Waals surface area (Å²) in [6, 6.07) is 30.2. The Morgan fingerprint density at radius 3 is 1.69 bits per heavy atom. The quantitative estimate of drug-likeness (QED) is 0.141. The average Bonchev–Trinajstić information content (AvgIpc) is 3.17. The first-order chi connectivity index (χ1) is 17.5. The highest BCUT2D eigenvalue weighted by Crippen LogP contribution is 2.46. The van der Waals surface area contributed by atoms with Crippen LogP contribution in [0.15, 0.2) is 109 Å². The van der Waals surface area contributed by atoms with Crippen LogP contribution in [0.5, 0.6) is 0 Å². The molecule has 0 bridgehead atoms. The van der Waals surface area contributed by atoms with E-state index in [4.69, 9.17) is 0 Å². The van der Waals surface area contributed by atoms with Gasteiger partial charge in [-0.25, -0.2) is 0 Å². The lowest BCUT2D eigenvalue weighted by Crippen LogP contribution is -2.32. The Labute approximate surface area is 207 Å². The monoisotopic (exact) mass is 475 g/mol. The summed E-state index contributed by atoms with van der Waals surface area (Å²) < 4.78 is 0. The number of fused-ring (bicyclic) bond motifs is 1. The lowest BCUT2D eigenvalue weighted by atomic mass is 9.69. The molecule has 0 saturated carbocycles. The molecule has 0 aliphatic heterocycles. The fourth-order valence-corrected chi connectivity index (χ4v) is 5.05. The van der Waals surface area contributed by atoms with E-state index < -0.39 is 22.7 Å². The summed E-state index contributed by atoms with van der Waals surface area (Å²) >= 11 is 0. The third kappa shape index (κ3) is 4.03. The maximum absolute atomic E-state index is 14.0. The molecule has 1 aliphatic rings. The van der Waals surface area contributed by atoms with Crippen molar-refractivity contribution >= 4 is 23.0 Å². The first kappa shape index (κ1) is 23.1. The molecular formula is C30H21NO5. The number of ketones is 3. The van der Waals surface area contributed by atoms with Gasteiger partial charge >= 0.3 is 0 Å². The normalized spacial score (nSPS) is 14.8. The number of Topliss-reactive ketones (excluding diaryl/α,β-unsaturated/α-hetero) is 3. The van der Waals surface area contributed by atoms with Crippen LogP contribution < -0.4 is 0 Å². The van der Waals surface area contributed by atoms with Gasteiger partial charge < -0.3 is 0 Å². The number of non-ortho nitro benzene ring substituents is 1. The second-order valence-corrected chi connectivity index (χ2v) is 8.74. The molecule has 6 nitrogen and oxygen atoms in total. The summed E-state index contributed by atoms with van der Waals surface area (Å²) in [6.07, 6.45) is 0.